The highest BCUT2D eigenvalue weighted by atomic mass is 35.5. The molecule has 5 nitrogen and oxygen atoms in total. The summed E-state index contributed by atoms with van der Waals surface area (Å²) in [4.78, 5) is 8.10. The summed E-state index contributed by atoms with van der Waals surface area (Å²) in [6.45, 7) is 0.325. The van der Waals surface area contributed by atoms with E-state index in [1.807, 2.05) is 18.2 Å². The van der Waals surface area contributed by atoms with Gasteiger partial charge < -0.3 is 16.2 Å². The van der Waals surface area contributed by atoms with Gasteiger partial charge in [0.05, 0.1) is 15.2 Å². The summed E-state index contributed by atoms with van der Waals surface area (Å²) >= 11 is 7.49. The maximum atomic E-state index is 6.07. The molecule has 0 unspecified atom stereocenters. The molecule has 0 saturated heterocycles. The molecule has 0 spiro atoms. The lowest BCUT2D eigenvalue weighted by molar-refractivity contribution is 0.306. The summed E-state index contributed by atoms with van der Waals surface area (Å²) in [5, 5.41) is 0.970. The predicted octanol–water partition coefficient (Wildman–Crippen LogP) is 3.09. The fourth-order valence-corrected chi connectivity index (χ4v) is 2.72. The molecule has 7 heteroatoms. The molecule has 0 fully saturated rings. The third kappa shape index (κ3) is 2.48. The molecule has 0 aliphatic carbocycles. The van der Waals surface area contributed by atoms with Crippen molar-refractivity contribution < 1.29 is 4.74 Å². The average molecular weight is 307 g/mol. The lowest BCUT2D eigenvalue weighted by Gasteiger charge is -2.08. The van der Waals surface area contributed by atoms with Crippen LogP contribution in [-0.2, 0) is 6.61 Å². The van der Waals surface area contributed by atoms with Crippen LogP contribution < -0.4 is 16.2 Å². The van der Waals surface area contributed by atoms with Crippen LogP contribution in [0.5, 0.6) is 5.75 Å². The number of hydrogen-bond acceptors (Lipinski definition) is 6. The standard InChI is InChI=1S/C13H11ClN4OS/c14-11-7(3-4-17-12(11)15)6-19-8-1-2-9-10(5-8)20-13(16)18-9/h1-5H,6H2,(H2,15,17)(H2,16,18). The molecule has 0 atom stereocenters. The minimum absolute atomic E-state index is 0.304. The van der Waals surface area contributed by atoms with Crippen molar-refractivity contribution in [3.8, 4) is 5.75 Å². The highest BCUT2D eigenvalue weighted by Crippen LogP contribution is 2.28. The molecule has 0 aliphatic heterocycles. The Balaban J connectivity index is 1.81. The molecular formula is C13H11ClN4OS. The summed E-state index contributed by atoms with van der Waals surface area (Å²) < 4.78 is 6.70. The highest BCUT2D eigenvalue weighted by molar-refractivity contribution is 7.22. The van der Waals surface area contributed by atoms with E-state index in [0.717, 1.165) is 21.5 Å². The second-order valence-electron chi connectivity index (χ2n) is 4.14. The van der Waals surface area contributed by atoms with Gasteiger partial charge in [-0.1, -0.05) is 22.9 Å². The Hall–Kier alpha value is -2.05. The minimum atomic E-state index is 0.304. The minimum Gasteiger partial charge on any atom is -0.489 e. The van der Waals surface area contributed by atoms with Crippen molar-refractivity contribution >= 4 is 44.1 Å². The summed E-state index contributed by atoms with van der Waals surface area (Å²) in [7, 11) is 0. The van der Waals surface area contributed by atoms with Crippen LogP contribution in [0, 0.1) is 0 Å². The average Bonchev–Trinajstić information content (AvgIpc) is 2.79. The molecule has 0 radical (unpaired) electrons. The number of nitrogens with zero attached hydrogens (tertiary/aromatic N) is 2. The molecule has 4 N–H and O–H groups in total. The largest absolute Gasteiger partial charge is 0.489 e. The molecule has 102 valence electrons. The van der Waals surface area contributed by atoms with E-state index in [0.29, 0.717) is 22.6 Å². The monoisotopic (exact) mass is 306 g/mol. The fraction of sp³-hybridized carbons (Fsp3) is 0.0769. The zero-order chi connectivity index (χ0) is 14.1. The lowest BCUT2D eigenvalue weighted by atomic mass is 10.2. The SMILES string of the molecule is Nc1nc2ccc(OCc3ccnc(N)c3Cl)cc2s1. The van der Waals surface area contributed by atoms with E-state index in [9.17, 15) is 0 Å². The van der Waals surface area contributed by atoms with Crippen molar-refractivity contribution in [3.63, 3.8) is 0 Å². The summed E-state index contributed by atoms with van der Waals surface area (Å²) in [5.41, 5.74) is 13.0. The maximum absolute atomic E-state index is 6.07. The Morgan fingerprint density at radius 1 is 1.25 bits per heavy atom. The van der Waals surface area contributed by atoms with Crippen molar-refractivity contribution in [2.45, 2.75) is 6.61 Å². The van der Waals surface area contributed by atoms with Crippen molar-refractivity contribution in [1.29, 1.82) is 0 Å². The van der Waals surface area contributed by atoms with Crippen LogP contribution in [0.3, 0.4) is 0 Å². The molecule has 0 saturated carbocycles. The molecule has 3 aromatic rings. The molecular weight excluding hydrogens is 296 g/mol. The first-order valence-corrected chi connectivity index (χ1v) is 7.00. The van der Waals surface area contributed by atoms with Gasteiger partial charge in [-0.3, -0.25) is 0 Å². The Labute approximate surface area is 124 Å². The van der Waals surface area contributed by atoms with Gasteiger partial charge in [-0.05, 0) is 24.3 Å². The van der Waals surface area contributed by atoms with Gasteiger partial charge in [0, 0.05) is 11.8 Å². The first-order valence-electron chi connectivity index (χ1n) is 5.81. The molecule has 0 bridgehead atoms. The van der Waals surface area contributed by atoms with E-state index in [1.54, 1.807) is 12.3 Å². The molecule has 0 aliphatic rings. The molecule has 3 rings (SSSR count). The van der Waals surface area contributed by atoms with E-state index < -0.39 is 0 Å². The lowest BCUT2D eigenvalue weighted by Crippen LogP contribution is -2.00. The van der Waals surface area contributed by atoms with Crippen molar-refractivity contribution in [2.24, 2.45) is 0 Å². The quantitative estimate of drug-likeness (QED) is 0.776. The number of nitrogens with two attached hydrogens (primary N) is 2. The van der Waals surface area contributed by atoms with Gasteiger partial charge in [0.25, 0.3) is 0 Å². The summed E-state index contributed by atoms with van der Waals surface area (Å²) in [6, 6.07) is 7.41. The predicted molar refractivity (Wildman–Crippen MR) is 82.0 cm³/mol. The van der Waals surface area contributed by atoms with Crippen molar-refractivity contribution in [3.05, 3.63) is 41.0 Å². The smallest absolute Gasteiger partial charge is 0.181 e. The number of ether oxygens (including phenoxy) is 1. The van der Waals surface area contributed by atoms with Crippen LogP contribution in [0.1, 0.15) is 5.56 Å². The van der Waals surface area contributed by atoms with Gasteiger partial charge in [0.2, 0.25) is 0 Å². The van der Waals surface area contributed by atoms with Gasteiger partial charge in [0.1, 0.15) is 18.2 Å². The highest BCUT2D eigenvalue weighted by Gasteiger charge is 2.07. The van der Waals surface area contributed by atoms with E-state index in [1.165, 1.54) is 11.3 Å². The van der Waals surface area contributed by atoms with Gasteiger partial charge in [-0.2, -0.15) is 0 Å². The normalized spacial score (nSPS) is 10.8. The Morgan fingerprint density at radius 3 is 2.95 bits per heavy atom. The second kappa shape index (κ2) is 5.15. The number of benzene rings is 1. The zero-order valence-corrected chi connectivity index (χ0v) is 11.9. The van der Waals surface area contributed by atoms with Crippen molar-refractivity contribution in [2.75, 3.05) is 11.5 Å². The van der Waals surface area contributed by atoms with Crippen molar-refractivity contribution in [1.82, 2.24) is 9.97 Å². The third-order valence-corrected chi connectivity index (χ3v) is 4.05. The molecule has 1 aromatic carbocycles. The van der Waals surface area contributed by atoms with Gasteiger partial charge in [-0.15, -0.1) is 0 Å². The topological polar surface area (TPSA) is 87.0 Å². The molecule has 2 aromatic heterocycles. The number of halogens is 1. The number of thiazole rings is 1. The number of aromatic nitrogens is 2. The van der Waals surface area contributed by atoms with Crippen LogP contribution in [0.15, 0.2) is 30.5 Å². The van der Waals surface area contributed by atoms with Gasteiger partial charge >= 0.3 is 0 Å². The Morgan fingerprint density at radius 2 is 2.10 bits per heavy atom. The number of nitrogen functional groups attached to an aromatic ring is 2. The van der Waals surface area contributed by atoms with Crippen LogP contribution in [-0.4, -0.2) is 9.97 Å². The van der Waals surface area contributed by atoms with E-state index in [4.69, 9.17) is 27.8 Å². The van der Waals surface area contributed by atoms with Gasteiger partial charge in [-0.25, -0.2) is 9.97 Å². The van der Waals surface area contributed by atoms with E-state index >= 15 is 0 Å². The Bertz CT molecular complexity index is 774. The van der Waals surface area contributed by atoms with Crippen LogP contribution >= 0.6 is 22.9 Å². The van der Waals surface area contributed by atoms with Gasteiger partial charge in [0.15, 0.2) is 5.13 Å². The van der Waals surface area contributed by atoms with E-state index in [2.05, 4.69) is 9.97 Å². The van der Waals surface area contributed by atoms with Crippen LogP contribution in [0.2, 0.25) is 5.02 Å². The fourth-order valence-electron chi connectivity index (χ4n) is 1.79. The first-order chi connectivity index (χ1) is 9.63. The van der Waals surface area contributed by atoms with Crippen LogP contribution in [0.25, 0.3) is 10.2 Å². The molecule has 2 heterocycles. The number of pyridine rings is 1. The summed E-state index contributed by atoms with van der Waals surface area (Å²) in [5.74, 6) is 1.03. The summed E-state index contributed by atoms with van der Waals surface area (Å²) in [6.07, 6.45) is 1.60. The molecule has 20 heavy (non-hydrogen) atoms. The number of fused-ring (bicyclic) bond motifs is 1. The number of anilines is 2. The second-order valence-corrected chi connectivity index (χ2v) is 5.58. The number of hydrogen-bond donors (Lipinski definition) is 2. The van der Waals surface area contributed by atoms with Crippen LogP contribution in [0.4, 0.5) is 10.9 Å². The van der Waals surface area contributed by atoms with E-state index in [-0.39, 0.29) is 0 Å². The first kappa shape index (κ1) is 13.0. The zero-order valence-electron chi connectivity index (χ0n) is 10.3. The number of rotatable bonds is 3. The molecule has 0 amide bonds. The maximum Gasteiger partial charge on any atom is 0.181 e. The third-order valence-electron chi connectivity index (χ3n) is 2.77. The Kier molecular flexibility index (Phi) is 3.33.